The van der Waals surface area contributed by atoms with E-state index in [4.69, 9.17) is 0 Å². The van der Waals surface area contributed by atoms with Crippen LogP contribution in [-0.4, -0.2) is 31.2 Å². The van der Waals surface area contributed by atoms with Crippen LogP contribution in [0.4, 0.5) is 0 Å². The van der Waals surface area contributed by atoms with Gasteiger partial charge in [0.25, 0.3) is 5.91 Å². The van der Waals surface area contributed by atoms with Gasteiger partial charge < -0.3 is 14.1 Å². The fraction of sp³-hybridized carbons (Fsp3) is 0.167. The summed E-state index contributed by atoms with van der Waals surface area (Å²) in [6.45, 7) is 2.53. The van der Waals surface area contributed by atoms with E-state index in [9.17, 15) is 4.79 Å². The lowest BCUT2D eigenvalue weighted by molar-refractivity contribution is 0.0949. The molecule has 0 radical (unpaired) electrons. The lowest BCUT2D eigenvalue weighted by Crippen LogP contribution is -2.26. The third-order valence-electron chi connectivity index (χ3n) is 3.93. The van der Waals surface area contributed by atoms with Crippen molar-refractivity contribution in [2.24, 2.45) is 0 Å². The summed E-state index contributed by atoms with van der Waals surface area (Å²) in [5.74, 6) is -0.167. The van der Waals surface area contributed by atoms with Crippen molar-refractivity contribution in [1.29, 1.82) is 0 Å². The lowest BCUT2D eigenvalue weighted by Gasteiger charge is -2.00. The molecule has 0 aliphatic heterocycles. The Labute approximate surface area is 138 Å². The Hall–Kier alpha value is -3.15. The molecule has 0 fully saturated rings. The van der Waals surface area contributed by atoms with Crippen molar-refractivity contribution in [3.05, 3.63) is 72.1 Å². The molecule has 6 nitrogen and oxygen atoms in total. The van der Waals surface area contributed by atoms with Gasteiger partial charge in [0.05, 0.1) is 5.69 Å². The van der Waals surface area contributed by atoms with E-state index in [0.717, 1.165) is 22.6 Å². The number of amides is 1. The van der Waals surface area contributed by atoms with E-state index >= 15 is 0 Å². The molecule has 0 saturated carbocycles. The average Bonchev–Trinajstić information content (AvgIpc) is 3.17. The molecule has 4 rings (SSSR count). The highest BCUT2D eigenvalue weighted by atomic mass is 16.1. The Balaban J connectivity index is 1.41. The van der Waals surface area contributed by atoms with E-state index in [1.807, 2.05) is 64.6 Å². The molecule has 0 aliphatic rings. The van der Waals surface area contributed by atoms with Gasteiger partial charge in [-0.25, -0.2) is 9.97 Å². The molecule has 0 atom stereocenters. The largest absolute Gasteiger partial charge is 0.350 e. The summed E-state index contributed by atoms with van der Waals surface area (Å²) in [7, 11) is 0. The van der Waals surface area contributed by atoms with Gasteiger partial charge in [0.2, 0.25) is 0 Å². The number of nitrogens with one attached hydrogen (secondary N) is 1. The van der Waals surface area contributed by atoms with Crippen molar-refractivity contribution >= 4 is 17.2 Å². The second kappa shape index (κ2) is 5.81. The molecule has 1 amide bonds. The highest BCUT2D eigenvalue weighted by molar-refractivity contribution is 5.92. The first-order chi connectivity index (χ1) is 11.7. The third-order valence-corrected chi connectivity index (χ3v) is 3.93. The van der Waals surface area contributed by atoms with Gasteiger partial charge >= 0.3 is 0 Å². The molecule has 24 heavy (non-hydrogen) atoms. The lowest BCUT2D eigenvalue weighted by atomic mass is 10.3. The number of rotatable bonds is 4. The maximum atomic E-state index is 12.2. The minimum atomic E-state index is -0.167. The molecule has 0 aliphatic carbocycles. The van der Waals surface area contributed by atoms with Crippen molar-refractivity contribution < 1.29 is 4.79 Å². The smallest absolute Gasteiger partial charge is 0.271 e. The van der Waals surface area contributed by atoms with Crippen molar-refractivity contribution in [2.75, 3.05) is 6.54 Å². The molecular weight excluding hydrogens is 302 g/mol. The molecule has 4 aromatic rings. The normalized spacial score (nSPS) is 11.2. The monoisotopic (exact) mass is 319 g/mol. The molecule has 0 aromatic carbocycles. The highest BCUT2D eigenvalue weighted by Gasteiger charge is 2.10. The number of hydrogen-bond acceptors (Lipinski definition) is 3. The molecule has 1 N–H and O–H groups in total. The predicted octanol–water partition coefficient (Wildman–Crippen LogP) is 2.26. The number of imidazole rings is 2. The number of hydrogen-bond donors (Lipinski definition) is 1. The first-order valence-electron chi connectivity index (χ1n) is 7.85. The minimum Gasteiger partial charge on any atom is -0.350 e. The van der Waals surface area contributed by atoms with Gasteiger partial charge in [-0.1, -0.05) is 6.07 Å². The summed E-state index contributed by atoms with van der Waals surface area (Å²) in [4.78, 5) is 21.1. The summed E-state index contributed by atoms with van der Waals surface area (Å²) in [5, 5.41) is 2.90. The van der Waals surface area contributed by atoms with Crippen LogP contribution in [0.5, 0.6) is 0 Å². The number of fused-ring (bicyclic) bond motifs is 2. The minimum absolute atomic E-state index is 0.167. The summed E-state index contributed by atoms with van der Waals surface area (Å²) in [6.07, 6.45) is 8.28. The molecule has 0 bridgehead atoms. The second-order valence-electron chi connectivity index (χ2n) is 5.80. The van der Waals surface area contributed by atoms with E-state index in [1.54, 1.807) is 6.20 Å². The number of pyridine rings is 2. The van der Waals surface area contributed by atoms with Crippen LogP contribution in [-0.2, 0) is 6.42 Å². The zero-order chi connectivity index (χ0) is 16.5. The average molecular weight is 319 g/mol. The van der Waals surface area contributed by atoms with Crippen molar-refractivity contribution in [3.63, 3.8) is 0 Å². The van der Waals surface area contributed by atoms with E-state index < -0.39 is 0 Å². The van der Waals surface area contributed by atoms with Crippen LogP contribution < -0.4 is 5.32 Å². The maximum absolute atomic E-state index is 12.2. The molecule has 120 valence electrons. The van der Waals surface area contributed by atoms with Gasteiger partial charge in [0, 0.05) is 37.8 Å². The molecular formula is C18H17N5O. The SMILES string of the molecule is Cc1ccn2cc(C(=O)NCCc3cn4ccccc4n3)nc2c1. The van der Waals surface area contributed by atoms with Gasteiger partial charge in [-0.2, -0.15) is 0 Å². The summed E-state index contributed by atoms with van der Waals surface area (Å²) < 4.78 is 3.83. The summed E-state index contributed by atoms with van der Waals surface area (Å²) in [5.41, 5.74) is 4.18. The fourth-order valence-corrected chi connectivity index (χ4v) is 2.70. The molecule has 4 heterocycles. The van der Waals surface area contributed by atoms with Gasteiger partial charge in [-0.3, -0.25) is 4.79 Å². The Morgan fingerprint density at radius 3 is 2.83 bits per heavy atom. The Kier molecular flexibility index (Phi) is 3.49. The van der Waals surface area contributed by atoms with Gasteiger partial charge in [-0.15, -0.1) is 0 Å². The van der Waals surface area contributed by atoms with Crippen LogP contribution in [0.3, 0.4) is 0 Å². The van der Waals surface area contributed by atoms with Gasteiger partial charge in [-0.05, 0) is 36.8 Å². The van der Waals surface area contributed by atoms with Gasteiger partial charge in [0.1, 0.15) is 17.0 Å². The summed E-state index contributed by atoms with van der Waals surface area (Å²) >= 11 is 0. The third kappa shape index (κ3) is 2.74. The van der Waals surface area contributed by atoms with Crippen molar-refractivity contribution in [3.8, 4) is 0 Å². The molecule has 0 saturated heterocycles. The Morgan fingerprint density at radius 2 is 1.96 bits per heavy atom. The fourth-order valence-electron chi connectivity index (χ4n) is 2.70. The van der Waals surface area contributed by atoms with Crippen LogP contribution in [0.25, 0.3) is 11.3 Å². The Bertz CT molecular complexity index is 997. The summed E-state index contributed by atoms with van der Waals surface area (Å²) in [6, 6.07) is 9.82. The van der Waals surface area contributed by atoms with E-state index in [-0.39, 0.29) is 5.91 Å². The van der Waals surface area contributed by atoms with Crippen LogP contribution in [0.2, 0.25) is 0 Å². The standard InChI is InChI=1S/C18H17N5O/c1-13-6-9-23-12-15(21-17(23)10-13)18(24)19-7-5-14-11-22-8-3-2-4-16(22)20-14/h2-4,6,8-12H,5,7H2,1H3,(H,19,24). The van der Waals surface area contributed by atoms with Crippen LogP contribution >= 0.6 is 0 Å². The maximum Gasteiger partial charge on any atom is 0.271 e. The molecule has 4 aromatic heterocycles. The zero-order valence-electron chi connectivity index (χ0n) is 13.3. The first-order valence-corrected chi connectivity index (χ1v) is 7.85. The van der Waals surface area contributed by atoms with Crippen LogP contribution in [0.15, 0.2) is 55.1 Å². The second-order valence-corrected chi connectivity index (χ2v) is 5.80. The van der Waals surface area contributed by atoms with Crippen molar-refractivity contribution in [1.82, 2.24) is 24.1 Å². The van der Waals surface area contributed by atoms with Crippen LogP contribution in [0, 0.1) is 6.92 Å². The zero-order valence-corrected chi connectivity index (χ0v) is 13.3. The van der Waals surface area contributed by atoms with Crippen LogP contribution in [0.1, 0.15) is 21.7 Å². The van der Waals surface area contributed by atoms with Crippen molar-refractivity contribution in [2.45, 2.75) is 13.3 Å². The number of carbonyl (C=O) groups excluding carboxylic acids is 1. The highest BCUT2D eigenvalue weighted by Crippen LogP contribution is 2.08. The molecule has 0 unspecified atom stereocenters. The Morgan fingerprint density at radius 1 is 1.08 bits per heavy atom. The number of aryl methyl sites for hydroxylation is 1. The number of nitrogens with zero attached hydrogens (tertiary/aromatic N) is 4. The quantitative estimate of drug-likeness (QED) is 0.627. The van der Waals surface area contributed by atoms with E-state index in [2.05, 4.69) is 15.3 Å². The topological polar surface area (TPSA) is 63.7 Å². The van der Waals surface area contributed by atoms with E-state index in [0.29, 0.717) is 18.7 Å². The molecule has 6 heteroatoms. The van der Waals surface area contributed by atoms with Gasteiger partial charge in [0.15, 0.2) is 0 Å². The predicted molar refractivity (Wildman–Crippen MR) is 91.2 cm³/mol. The van der Waals surface area contributed by atoms with E-state index in [1.165, 1.54) is 0 Å². The first kappa shape index (κ1) is 14.4. The molecule has 0 spiro atoms. The number of carbonyl (C=O) groups is 1. The number of aromatic nitrogens is 4.